The van der Waals surface area contributed by atoms with Crippen molar-refractivity contribution in [3.8, 4) is 28.7 Å². The topological polar surface area (TPSA) is 139 Å². The van der Waals surface area contributed by atoms with E-state index in [1.54, 1.807) is 19.2 Å². The number of nitrogens with zero attached hydrogens (tertiary/aromatic N) is 1. The van der Waals surface area contributed by atoms with Crippen LogP contribution in [-0.4, -0.2) is 63.7 Å². The van der Waals surface area contributed by atoms with Gasteiger partial charge in [-0.05, 0) is 25.1 Å². The normalized spacial score (nSPS) is 22.6. The van der Waals surface area contributed by atoms with E-state index in [1.807, 2.05) is 4.90 Å². The molecule has 5 rings (SSSR count). The summed E-state index contributed by atoms with van der Waals surface area (Å²) in [4.78, 5) is 27.2. The first-order valence-corrected chi connectivity index (χ1v) is 10.5. The number of carboxylic acid groups (broad SMARTS) is 1. The Bertz CT molecular complexity index is 1230. The van der Waals surface area contributed by atoms with Crippen LogP contribution in [0.25, 0.3) is 0 Å². The minimum atomic E-state index is -1.50. The molecular weight excluding hydrogens is 448 g/mol. The number of hydrogen-bond donors (Lipinski definition) is 2. The number of carbonyl (C=O) groups excluding carboxylic acids is 1. The van der Waals surface area contributed by atoms with Gasteiger partial charge in [-0.2, -0.15) is 0 Å². The highest BCUT2D eigenvalue weighted by Gasteiger charge is 2.55. The summed E-state index contributed by atoms with van der Waals surface area (Å²) in [5.74, 6) is -0.700. The number of esters is 1. The van der Waals surface area contributed by atoms with E-state index in [2.05, 4.69) is 0 Å². The van der Waals surface area contributed by atoms with Gasteiger partial charge in [-0.1, -0.05) is 6.07 Å². The van der Waals surface area contributed by atoms with Crippen molar-refractivity contribution in [1.29, 1.82) is 0 Å². The quantitative estimate of drug-likeness (QED) is 0.614. The number of likely N-dealkylation sites (N-methyl/N-ethyl adjacent to an activating group) is 1. The minimum absolute atomic E-state index is 0.0388. The second kappa shape index (κ2) is 7.67. The smallest absolute Gasteiger partial charge is 0.343 e. The number of hydrogen-bond acceptors (Lipinski definition) is 10. The first-order valence-electron chi connectivity index (χ1n) is 10.5. The summed E-state index contributed by atoms with van der Waals surface area (Å²) in [5.41, 5.74) is 7.07. The zero-order valence-electron chi connectivity index (χ0n) is 19.1. The number of rotatable bonds is 5. The van der Waals surface area contributed by atoms with Gasteiger partial charge in [0.05, 0.1) is 21.3 Å². The van der Waals surface area contributed by atoms with Gasteiger partial charge in [0, 0.05) is 17.7 Å². The van der Waals surface area contributed by atoms with E-state index in [0.29, 0.717) is 35.4 Å². The Morgan fingerprint density at radius 2 is 1.85 bits per heavy atom. The number of aromatic carboxylic acids is 1. The van der Waals surface area contributed by atoms with Crippen molar-refractivity contribution in [3.63, 3.8) is 0 Å². The Hall–Kier alpha value is -3.70. The maximum Gasteiger partial charge on any atom is 0.343 e. The van der Waals surface area contributed by atoms with Gasteiger partial charge in [0.25, 0.3) is 0 Å². The largest absolute Gasteiger partial charge is 0.493 e. The van der Waals surface area contributed by atoms with E-state index >= 15 is 0 Å². The van der Waals surface area contributed by atoms with Crippen molar-refractivity contribution < 1.29 is 43.1 Å². The Kier molecular flexibility index (Phi) is 4.99. The van der Waals surface area contributed by atoms with Crippen LogP contribution in [0.2, 0.25) is 0 Å². The molecule has 3 N–H and O–H groups in total. The van der Waals surface area contributed by atoms with Crippen LogP contribution in [0, 0.1) is 0 Å². The van der Waals surface area contributed by atoms with Crippen LogP contribution in [0.3, 0.4) is 0 Å². The third-order valence-electron chi connectivity index (χ3n) is 6.71. The van der Waals surface area contributed by atoms with E-state index in [0.717, 1.165) is 0 Å². The molecule has 11 nitrogen and oxygen atoms in total. The molecule has 0 fully saturated rings. The van der Waals surface area contributed by atoms with Crippen molar-refractivity contribution >= 4 is 11.9 Å². The average Bonchev–Trinajstić information content (AvgIpc) is 3.44. The lowest BCUT2D eigenvalue weighted by molar-refractivity contribution is -0.0425. The second-order valence-electron chi connectivity index (χ2n) is 8.18. The lowest BCUT2D eigenvalue weighted by atomic mass is 9.78. The molecule has 180 valence electrons. The summed E-state index contributed by atoms with van der Waals surface area (Å²) < 4.78 is 33.4. The number of nitrogens with two attached hydrogens (primary N) is 1. The zero-order chi connectivity index (χ0) is 24.4. The molecule has 11 heteroatoms. The van der Waals surface area contributed by atoms with Crippen molar-refractivity contribution in [3.05, 3.63) is 39.9 Å². The van der Waals surface area contributed by atoms with E-state index in [1.165, 1.54) is 21.3 Å². The highest BCUT2D eigenvalue weighted by atomic mass is 16.7. The monoisotopic (exact) mass is 472 g/mol. The van der Waals surface area contributed by atoms with Crippen molar-refractivity contribution in [2.24, 2.45) is 5.73 Å². The Labute approximate surface area is 194 Å². The molecule has 0 amide bonds. The SMILES string of the molecule is COc1ccc2c(c1OC)C(=O)OC2C1(N)c2c(c(C(=O)O)c3c(c2OC)OCO3)CCN1C. The molecule has 2 aromatic rings. The Morgan fingerprint density at radius 1 is 1.15 bits per heavy atom. The summed E-state index contributed by atoms with van der Waals surface area (Å²) in [6.07, 6.45) is -0.645. The van der Waals surface area contributed by atoms with Gasteiger partial charge in [0.15, 0.2) is 29.1 Å². The molecule has 0 radical (unpaired) electrons. The van der Waals surface area contributed by atoms with Gasteiger partial charge < -0.3 is 39.3 Å². The molecule has 2 aromatic carbocycles. The maximum absolute atomic E-state index is 13.0. The zero-order valence-corrected chi connectivity index (χ0v) is 19.1. The van der Waals surface area contributed by atoms with Gasteiger partial charge >= 0.3 is 11.9 Å². The predicted octanol–water partition coefficient (Wildman–Crippen LogP) is 1.65. The average molecular weight is 472 g/mol. The number of carboxylic acids is 1. The van der Waals surface area contributed by atoms with Gasteiger partial charge in [-0.25, -0.2) is 9.59 Å². The molecule has 34 heavy (non-hydrogen) atoms. The highest BCUT2D eigenvalue weighted by molar-refractivity contribution is 5.99. The van der Waals surface area contributed by atoms with Gasteiger partial charge in [0.2, 0.25) is 12.5 Å². The molecule has 0 bridgehead atoms. The number of benzene rings is 2. The van der Waals surface area contributed by atoms with Crippen molar-refractivity contribution in [2.75, 3.05) is 41.7 Å². The van der Waals surface area contributed by atoms with Gasteiger partial charge in [-0.15, -0.1) is 0 Å². The molecular formula is C23H24N2O9. The molecule has 3 aliphatic heterocycles. The fourth-order valence-corrected chi connectivity index (χ4v) is 5.15. The highest BCUT2D eigenvalue weighted by Crippen LogP contribution is 2.57. The van der Waals surface area contributed by atoms with Crippen LogP contribution in [0.4, 0.5) is 0 Å². The van der Waals surface area contributed by atoms with Crippen molar-refractivity contribution in [1.82, 2.24) is 4.90 Å². The van der Waals surface area contributed by atoms with E-state index in [4.69, 9.17) is 34.2 Å². The number of methoxy groups -OCH3 is 3. The lowest BCUT2D eigenvalue weighted by Gasteiger charge is -2.47. The molecule has 0 spiro atoms. The van der Waals surface area contributed by atoms with Gasteiger partial charge in [0.1, 0.15) is 16.8 Å². The second-order valence-corrected chi connectivity index (χ2v) is 8.18. The van der Waals surface area contributed by atoms with Crippen LogP contribution in [0.15, 0.2) is 12.1 Å². The maximum atomic E-state index is 13.0. The summed E-state index contributed by atoms with van der Waals surface area (Å²) in [6.45, 7) is 0.240. The molecule has 0 aliphatic carbocycles. The Morgan fingerprint density at radius 3 is 2.50 bits per heavy atom. The number of carbonyl (C=O) groups is 2. The standard InChI is InChI=1S/C23H24N2O9/c1-25-8-7-10-13(21(26)27)17-19(33-9-32-17)18(31-4)15(10)23(25,24)20-11-5-6-12(29-2)16(30-3)14(11)22(28)34-20/h5-6,20H,7-9,24H2,1-4H3,(H,26,27). The van der Waals surface area contributed by atoms with E-state index in [9.17, 15) is 14.7 Å². The third kappa shape index (κ3) is 2.71. The third-order valence-corrected chi connectivity index (χ3v) is 6.71. The fourth-order valence-electron chi connectivity index (χ4n) is 5.15. The molecule has 3 aliphatic rings. The minimum Gasteiger partial charge on any atom is -0.493 e. The molecule has 2 atom stereocenters. The first kappa shape index (κ1) is 22.1. The van der Waals surface area contributed by atoms with Crippen LogP contribution in [0.5, 0.6) is 28.7 Å². The lowest BCUT2D eigenvalue weighted by Crippen LogP contribution is -2.59. The molecule has 3 heterocycles. The summed E-state index contributed by atoms with van der Waals surface area (Å²) in [6, 6.07) is 3.36. The summed E-state index contributed by atoms with van der Waals surface area (Å²) in [7, 11) is 6.12. The molecule has 0 saturated heterocycles. The Balaban J connectivity index is 1.81. The fraction of sp³-hybridized carbons (Fsp3) is 0.391. The number of fused-ring (bicyclic) bond motifs is 3. The van der Waals surface area contributed by atoms with Crippen molar-refractivity contribution in [2.45, 2.75) is 18.2 Å². The summed E-state index contributed by atoms with van der Waals surface area (Å²) in [5, 5.41) is 10.0. The van der Waals surface area contributed by atoms with Crippen LogP contribution in [0.1, 0.15) is 43.5 Å². The predicted molar refractivity (Wildman–Crippen MR) is 116 cm³/mol. The molecule has 0 saturated carbocycles. The summed E-state index contributed by atoms with van der Waals surface area (Å²) >= 11 is 0. The molecule has 0 aromatic heterocycles. The van der Waals surface area contributed by atoms with E-state index < -0.39 is 23.7 Å². The molecule has 2 unspecified atom stereocenters. The first-order chi connectivity index (χ1) is 16.3. The van der Waals surface area contributed by atoms with Crippen LogP contribution >= 0.6 is 0 Å². The van der Waals surface area contributed by atoms with Crippen LogP contribution < -0.4 is 29.4 Å². The number of ether oxygens (including phenoxy) is 6. The van der Waals surface area contributed by atoms with Gasteiger partial charge in [-0.3, -0.25) is 4.90 Å². The number of cyclic esters (lactones) is 1. The van der Waals surface area contributed by atoms with Crippen LogP contribution in [-0.2, 0) is 16.8 Å². The van der Waals surface area contributed by atoms with E-state index in [-0.39, 0.29) is 40.9 Å².